The summed E-state index contributed by atoms with van der Waals surface area (Å²) in [5, 5.41) is 8.70. The lowest BCUT2D eigenvalue weighted by Crippen LogP contribution is -2.44. The highest BCUT2D eigenvalue weighted by Crippen LogP contribution is 2.12. The molecule has 6 nitrogen and oxygen atoms in total. The minimum Gasteiger partial charge on any atom is -0.480 e. The van der Waals surface area contributed by atoms with Gasteiger partial charge in [0.05, 0.1) is 0 Å². The Morgan fingerprint density at radius 2 is 1.83 bits per heavy atom. The molecular weight excluding hydrogens is 236 g/mol. The van der Waals surface area contributed by atoms with Gasteiger partial charge in [-0.1, -0.05) is 0 Å². The summed E-state index contributed by atoms with van der Waals surface area (Å²) in [5.74, 6) is -1.07. The molecule has 0 aliphatic carbocycles. The van der Waals surface area contributed by atoms with Crippen LogP contribution in [0.1, 0.15) is 41.0 Å². The molecular formula is C12H24N2O4. The van der Waals surface area contributed by atoms with Gasteiger partial charge in [0.1, 0.15) is 11.6 Å². The second-order valence-electron chi connectivity index (χ2n) is 5.50. The highest BCUT2D eigenvalue weighted by Gasteiger charge is 2.25. The van der Waals surface area contributed by atoms with E-state index in [1.165, 1.54) is 4.90 Å². The Morgan fingerprint density at radius 3 is 2.17 bits per heavy atom. The fourth-order valence-electron chi connectivity index (χ4n) is 1.28. The minimum absolute atomic E-state index is 0.0687. The molecule has 6 heteroatoms. The van der Waals surface area contributed by atoms with Gasteiger partial charge in [-0.25, -0.2) is 4.79 Å². The third kappa shape index (κ3) is 6.44. The Kier molecular flexibility index (Phi) is 6.11. The number of rotatable bonds is 5. The Balaban J connectivity index is 4.49. The van der Waals surface area contributed by atoms with Crippen LogP contribution in [0.2, 0.25) is 0 Å². The Morgan fingerprint density at radius 1 is 1.33 bits per heavy atom. The third-order valence-corrected chi connectivity index (χ3v) is 2.25. The minimum atomic E-state index is -1.07. The molecule has 0 saturated carbocycles. The van der Waals surface area contributed by atoms with Crippen molar-refractivity contribution in [1.82, 2.24) is 4.90 Å². The van der Waals surface area contributed by atoms with Gasteiger partial charge in [-0.3, -0.25) is 4.79 Å². The Bertz CT molecular complexity index is 297. The number of amides is 1. The summed E-state index contributed by atoms with van der Waals surface area (Å²) in [5.41, 5.74) is 4.84. The topological polar surface area (TPSA) is 92.9 Å². The fraction of sp³-hybridized carbons (Fsp3) is 0.833. The molecule has 1 amide bonds. The number of carboxylic acid groups (broad SMARTS) is 1. The quantitative estimate of drug-likeness (QED) is 0.780. The van der Waals surface area contributed by atoms with Crippen molar-refractivity contribution in [3.63, 3.8) is 0 Å². The first-order chi connectivity index (χ1) is 8.04. The maximum atomic E-state index is 11.9. The summed E-state index contributed by atoms with van der Waals surface area (Å²) in [6.45, 7) is 9.30. The zero-order valence-electron chi connectivity index (χ0n) is 11.8. The lowest BCUT2D eigenvalue weighted by atomic mass is 10.2. The van der Waals surface area contributed by atoms with E-state index in [0.717, 1.165) is 0 Å². The molecule has 0 aromatic rings. The van der Waals surface area contributed by atoms with Gasteiger partial charge in [0, 0.05) is 12.6 Å². The van der Waals surface area contributed by atoms with Crippen molar-refractivity contribution in [1.29, 1.82) is 0 Å². The average Bonchev–Trinajstić information content (AvgIpc) is 2.13. The van der Waals surface area contributed by atoms with E-state index in [1.807, 2.05) is 13.8 Å². The van der Waals surface area contributed by atoms with Crippen LogP contribution in [0.4, 0.5) is 4.79 Å². The van der Waals surface area contributed by atoms with E-state index in [0.29, 0.717) is 0 Å². The molecule has 0 fully saturated rings. The number of nitrogens with two attached hydrogens (primary N) is 1. The Hall–Kier alpha value is -1.30. The molecule has 0 saturated heterocycles. The number of nitrogens with zero attached hydrogens (tertiary/aromatic N) is 1. The molecule has 0 aromatic carbocycles. The van der Waals surface area contributed by atoms with Crippen LogP contribution in [-0.2, 0) is 9.53 Å². The van der Waals surface area contributed by atoms with E-state index in [1.54, 1.807) is 20.8 Å². The zero-order valence-corrected chi connectivity index (χ0v) is 11.8. The van der Waals surface area contributed by atoms with Gasteiger partial charge in [0.15, 0.2) is 0 Å². The summed E-state index contributed by atoms with van der Waals surface area (Å²) in [6, 6.07) is -1.03. The molecule has 106 valence electrons. The van der Waals surface area contributed by atoms with E-state index >= 15 is 0 Å². The number of hydrogen-bond acceptors (Lipinski definition) is 4. The number of hydrogen-bond donors (Lipinski definition) is 2. The van der Waals surface area contributed by atoms with Crippen molar-refractivity contribution < 1.29 is 19.4 Å². The molecule has 1 unspecified atom stereocenters. The molecule has 3 N–H and O–H groups in total. The first kappa shape index (κ1) is 16.7. The number of aliphatic carboxylic acids is 1. The number of carbonyl (C=O) groups is 2. The van der Waals surface area contributed by atoms with Crippen LogP contribution in [-0.4, -0.2) is 46.3 Å². The van der Waals surface area contributed by atoms with Gasteiger partial charge in [-0.15, -0.1) is 0 Å². The molecule has 0 spiro atoms. The predicted molar refractivity (Wildman–Crippen MR) is 68.3 cm³/mol. The van der Waals surface area contributed by atoms with Crippen LogP contribution in [0.3, 0.4) is 0 Å². The summed E-state index contributed by atoms with van der Waals surface area (Å²) >= 11 is 0. The van der Waals surface area contributed by atoms with E-state index < -0.39 is 23.7 Å². The maximum Gasteiger partial charge on any atom is 0.410 e. The number of carbonyl (C=O) groups excluding carboxylic acids is 1. The lowest BCUT2D eigenvalue weighted by Gasteiger charge is -2.30. The SMILES string of the molecule is CC(C)N(CCC(N)C(=O)O)C(=O)OC(C)(C)C. The van der Waals surface area contributed by atoms with Crippen LogP contribution in [0, 0.1) is 0 Å². The van der Waals surface area contributed by atoms with Crippen molar-refractivity contribution in [2.45, 2.75) is 58.7 Å². The lowest BCUT2D eigenvalue weighted by molar-refractivity contribution is -0.138. The first-order valence-electron chi connectivity index (χ1n) is 6.02. The molecule has 0 aromatic heterocycles. The standard InChI is InChI=1S/C12H24N2O4/c1-8(2)14(7-6-9(13)10(15)16)11(17)18-12(3,4)5/h8-9H,6-7,13H2,1-5H3,(H,15,16). The van der Waals surface area contributed by atoms with Crippen molar-refractivity contribution >= 4 is 12.1 Å². The molecule has 0 bridgehead atoms. The van der Waals surface area contributed by atoms with Gasteiger partial charge in [-0.05, 0) is 41.0 Å². The van der Waals surface area contributed by atoms with Gasteiger partial charge in [0.25, 0.3) is 0 Å². The third-order valence-electron chi connectivity index (χ3n) is 2.25. The fourth-order valence-corrected chi connectivity index (χ4v) is 1.28. The van der Waals surface area contributed by atoms with Gasteiger partial charge in [0.2, 0.25) is 0 Å². The van der Waals surface area contributed by atoms with E-state index in [9.17, 15) is 9.59 Å². The average molecular weight is 260 g/mol. The predicted octanol–water partition coefficient (Wildman–Crippen LogP) is 1.43. The molecule has 0 heterocycles. The van der Waals surface area contributed by atoms with Crippen molar-refractivity contribution in [3.8, 4) is 0 Å². The highest BCUT2D eigenvalue weighted by molar-refractivity contribution is 5.73. The molecule has 0 rings (SSSR count). The summed E-state index contributed by atoms with van der Waals surface area (Å²) in [4.78, 5) is 24.0. The summed E-state index contributed by atoms with van der Waals surface area (Å²) < 4.78 is 5.25. The van der Waals surface area contributed by atoms with E-state index in [2.05, 4.69) is 0 Å². The van der Waals surface area contributed by atoms with Crippen molar-refractivity contribution in [2.75, 3.05) is 6.54 Å². The van der Waals surface area contributed by atoms with Crippen molar-refractivity contribution in [3.05, 3.63) is 0 Å². The number of carboxylic acids is 1. The largest absolute Gasteiger partial charge is 0.480 e. The van der Waals surface area contributed by atoms with Crippen molar-refractivity contribution in [2.24, 2.45) is 5.73 Å². The van der Waals surface area contributed by atoms with Crippen LogP contribution < -0.4 is 5.73 Å². The smallest absolute Gasteiger partial charge is 0.410 e. The molecule has 0 aliphatic heterocycles. The van der Waals surface area contributed by atoms with Crippen LogP contribution in [0.15, 0.2) is 0 Å². The normalized spacial score (nSPS) is 13.3. The monoisotopic (exact) mass is 260 g/mol. The van der Waals surface area contributed by atoms with Gasteiger partial charge >= 0.3 is 12.1 Å². The number of ether oxygens (including phenoxy) is 1. The van der Waals surface area contributed by atoms with Crippen LogP contribution >= 0.6 is 0 Å². The van der Waals surface area contributed by atoms with E-state index in [-0.39, 0.29) is 19.0 Å². The first-order valence-corrected chi connectivity index (χ1v) is 6.02. The maximum absolute atomic E-state index is 11.9. The van der Waals surface area contributed by atoms with Crippen LogP contribution in [0.5, 0.6) is 0 Å². The van der Waals surface area contributed by atoms with E-state index in [4.69, 9.17) is 15.6 Å². The summed E-state index contributed by atoms with van der Waals surface area (Å²) in [6.07, 6.45) is -0.248. The molecule has 0 aliphatic rings. The molecule has 0 radical (unpaired) electrons. The molecule has 18 heavy (non-hydrogen) atoms. The van der Waals surface area contributed by atoms with Crippen LogP contribution in [0.25, 0.3) is 0 Å². The molecule has 1 atom stereocenters. The second-order valence-corrected chi connectivity index (χ2v) is 5.50. The zero-order chi connectivity index (χ0) is 14.5. The van der Waals surface area contributed by atoms with Gasteiger partial charge in [-0.2, -0.15) is 0 Å². The highest BCUT2D eigenvalue weighted by atomic mass is 16.6. The Labute approximate surface area is 108 Å². The van der Waals surface area contributed by atoms with Gasteiger partial charge < -0.3 is 20.5 Å². The second kappa shape index (κ2) is 6.58. The summed E-state index contributed by atoms with van der Waals surface area (Å²) in [7, 11) is 0.